The van der Waals surface area contributed by atoms with Gasteiger partial charge in [-0.25, -0.2) is 4.79 Å². The van der Waals surface area contributed by atoms with Crippen LogP contribution < -0.4 is 0 Å². The summed E-state index contributed by atoms with van der Waals surface area (Å²) < 4.78 is 103. The van der Waals surface area contributed by atoms with Crippen LogP contribution in [0.4, 0.5) is 0 Å². The molecule has 13 aliphatic rings. The van der Waals surface area contributed by atoms with E-state index < -0.39 is 328 Å². The second-order valence-electron chi connectivity index (χ2n) is 36.5. The topological polar surface area (TPSA) is 630 Å². The summed E-state index contributed by atoms with van der Waals surface area (Å²) >= 11 is 0. The van der Waals surface area contributed by atoms with Crippen molar-refractivity contribution in [1.29, 1.82) is 0 Å². The maximum absolute atomic E-state index is 16.4. The first kappa shape index (κ1) is 92.1. The summed E-state index contributed by atoms with van der Waals surface area (Å²) in [6.45, 7) is 14.7. The predicted octanol–water partition coefficient (Wildman–Crippen LogP) is -6.93. The van der Waals surface area contributed by atoms with Crippen LogP contribution in [0.1, 0.15) is 127 Å². The highest BCUT2D eigenvalue weighted by molar-refractivity contribution is 5.80. The summed E-state index contributed by atoms with van der Waals surface area (Å²) in [5.41, 5.74) is -5.38. The molecule has 674 valence electrons. The van der Waals surface area contributed by atoms with Gasteiger partial charge in [0.25, 0.3) is 0 Å². The lowest BCUT2D eigenvalue weighted by molar-refractivity contribution is -0.392. The molecule has 41 nitrogen and oxygen atoms in total. The Labute approximate surface area is 678 Å². The maximum atomic E-state index is 16.4. The SMILES string of the molecule is CC(=O)OC1C(C)OC(OC(=O)C23CCC(C)(C)CC2C2=CCC4C5(C)CCC(OC6OC(C(=O)O)C(O)C(OC7OCC(O)C(O)C7O)C6OC6OC(CO)C(O)C(O)C6O)C(C)(C=O)C5CCC4(C)C2(C)CC3O)C(OC2OC(C)C(OC3OCC(O)C(OC4OCC(O)C(O)C4O)C3O)C(O)C2O)C1OC1OC(C)C(O)C(O)C1O. The fraction of sp³-hybridized carbons (Fsp3) is 0.922. The average molecular weight is 1700 g/mol. The van der Waals surface area contributed by atoms with Crippen LogP contribution >= 0.6 is 0 Å². The molecule has 0 aromatic carbocycles. The fourth-order valence-electron chi connectivity index (χ4n) is 21.7. The third kappa shape index (κ3) is 16.2. The van der Waals surface area contributed by atoms with Crippen molar-refractivity contribution in [2.75, 3.05) is 26.4 Å². The van der Waals surface area contributed by atoms with E-state index in [1.807, 2.05) is 13.8 Å². The van der Waals surface area contributed by atoms with Gasteiger partial charge in [-0.05, 0) is 118 Å². The van der Waals surface area contributed by atoms with Crippen LogP contribution in [0.2, 0.25) is 0 Å². The lowest BCUT2D eigenvalue weighted by Gasteiger charge is -2.71. The first-order chi connectivity index (χ1) is 55.3. The third-order valence-electron chi connectivity index (χ3n) is 28.8. The second kappa shape index (κ2) is 35.0. The molecule has 13 rings (SSSR count). The average Bonchev–Trinajstić information content (AvgIpc) is 0.669. The highest BCUT2D eigenvalue weighted by Crippen LogP contribution is 2.76. The van der Waals surface area contributed by atoms with Crippen LogP contribution in [-0.4, -0.2) is 392 Å². The molecule has 5 aliphatic carbocycles. The van der Waals surface area contributed by atoms with E-state index in [0.29, 0.717) is 38.5 Å². The molecule has 0 amide bonds. The van der Waals surface area contributed by atoms with E-state index in [-0.39, 0.29) is 25.2 Å². The van der Waals surface area contributed by atoms with E-state index in [1.165, 1.54) is 20.8 Å². The lowest BCUT2D eigenvalue weighted by Crippen LogP contribution is -2.69. The number of carboxylic acids is 1. The van der Waals surface area contributed by atoms with Crippen molar-refractivity contribution in [3.05, 3.63) is 11.6 Å². The van der Waals surface area contributed by atoms with Crippen molar-refractivity contribution in [2.45, 2.75) is 367 Å². The summed E-state index contributed by atoms with van der Waals surface area (Å²) in [7, 11) is 0. The van der Waals surface area contributed by atoms with Gasteiger partial charge in [0.15, 0.2) is 62.3 Å². The minimum Gasteiger partial charge on any atom is -0.479 e. The molecule has 8 saturated heterocycles. The molecule has 0 aromatic rings. The van der Waals surface area contributed by atoms with Crippen LogP contribution in [0.3, 0.4) is 0 Å². The molecule has 4 saturated carbocycles. The largest absolute Gasteiger partial charge is 0.479 e. The molecule has 0 radical (unpaired) electrons. The number of allylic oxidation sites excluding steroid dienone is 2. The molecular formula is C77H120O41. The zero-order valence-electron chi connectivity index (χ0n) is 67.1. The number of aliphatic hydroxyl groups is 19. The van der Waals surface area contributed by atoms with Crippen LogP contribution in [0.15, 0.2) is 11.6 Å². The van der Waals surface area contributed by atoms with E-state index >= 15 is 4.79 Å². The molecule has 0 aromatic heterocycles. The number of hydrogen-bond donors (Lipinski definition) is 20. The minimum absolute atomic E-state index is 0.0349. The van der Waals surface area contributed by atoms with Crippen molar-refractivity contribution in [2.24, 2.45) is 50.2 Å². The van der Waals surface area contributed by atoms with Gasteiger partial charge < -0.3 is 187 Å². The maximum Gasteiger partial charge on any atom is 0.335 e. The summed E-state index contributed by atoms with van der Waals surface area (Å²) in [5.74, 6) is -5.29. The van der Waals surface area contributed by atoms with Crippen molar-refractivity contribution in [3.8, 4) is 0 Å². The van der Waals surface area contributed by atoms with E-state index in [4.69, 9.17) is 80.5 Å². The molecule has 12 fully saturated rings. The van der Waals surface area contributed by atoms with E-state index in [1.54, 1.807) is 6.92 Å². The van der Waals surface area contributed by atoms with Crippen molar-refractivity contribution in [3.63, 3.8) is 0 Å². The Morgan fingerprint density at radius 2 is 0.966 bits per heavy atom. The van der Waals surface area contributed by atoms with Crippen LogP contribution in [-0.2, 0) is 99.7 Å². The van der Waals surface area contributed by atoms with Gasteiger partial charge in [0.05, 0.1) is 62.4 Å². The highest BCUT2D eigenvalue weighted by Gasteiger charge is 2.74. The quantitative estimate of drug-likeness (QED) is 0.0233. The predicted molar refractivity (Wildman–Crippen MR) is 383 cm³/mol. The monoisotopic (exact) mass is 1700 g/mol. The van der Waals surface area contributed by atoms with Gasteiger partial charge in [0.1, 0.15) is 152 Å². The van der Waals surface area contributed by atoms with E-state index in [9.17, 15) is 117 Å². The van der Waals surface area contributed by atoms with Gasteiger partial charge in [-0.2, -0.15) is 0 Å². The number of ether oxygens (including phenoxy) is 17. The molecule has 47 atom stereocenters. The number of aliphatic carboxylic acids is 1. The summed E-state index contributed by atoms with van der Waals surface area (Å²) in [6, 6.07) is 0. The summed E-state index contributed by atoms with van der Waals surface area (Å²) in [6.07, 6.45) is -65.5. The van der Waals surface area contributed by atoms with Gasteiger partial charge in [0.2, 0.25) is 6.29 Å². The number of carbonyl (C=O) groups is 4. The number of carbonyl (C=O) groups excluding carboxylic acids is 3. The molecule has 20 N–H and O–H groups in total. The molecule has 118 heavy (non-hydrogen) atoms. The zero-order chi connectivity index (χ0) is 86.2. The normalized spacial score (nSPS) is 54.2. The number of aldehydes is 1. The molecule has 8 heterocycles. The smallest absolute Gasteiger partial charge is 0.335 e. The summed E-state index contributed by atoms with van der Waals surface area (Å²) in [5, 5.41) is 222. The number of esters is 2. The first-order valence-corrected chi connectivity index (χ1v) is 40.7. The second-order valence-corrected chi connectivity index (χ2v) is 36.5. The van der Waals surface area contributed by atoms with Gasteiger partial charge >= 0.3 is 17.9 Å². The molecule has 0 bridgehead atoms. The van der Waals surface area contributed by atoms with Crippen molar-refractivity contribution >= 4 is 24.2 Å². The van der Waals surface area contributed by atoms with Gasteiger partial charge in [-0.1, -0.05) is 53.2 Å². The Morgan fingerprint density at radius 3 is 1.56 bits per heavy atom. The third-order valence-corrected chi connectivity index (χ3v) is 28.8. The molecule has 41 heteroatoms. The Bertz CT molecular complexity index is 3530. The Morgan fingerprint density at radius 1 is 0.458 bits per heavy atom. The number of aliphatic hydroxyl groups excluding tert-OH is 19. The number of fused-ring (bicyclic) bond motifs is 7. The van der Waals surface area contributed by atoms with Gasteiger partial charge in [-0.15, -0.1) is 0 Å². The van der Waals surface area contributed by atoms with Crippen molar-refractivity contribution in [1.82, 2.24) is 0 Å². The summed E-state index contributed by atoms with van der Waals surface area (Å²) in [4.78, 5) is 57.0. The standard InChI is InChI=1S/C77H120O41/c1-26-40(85)44(89)49(94)66(105-26)115-59-55(108-29(4)80)28(3)107-69(61(59)117-67-51(96)46(91)54(27(2)106-67)111-65-53(98)56(34(83)24-104-65)112-63-47(92)41(86)32(81)22-102-63)118-71(101)77-18-17-72(5,6)19-31(77)30-11-12-37-73(7)15-14-39(74(8,25-79)36(73)13-16-75(37,9)76(30,10)20-38(77)84)110-70-60(116-68-50(95)45(90)43(88)35(21-78)109-68)57(52(97)58(114-70)62(99)100)113-64-48(93)42(87)33(82)23-103-64/h11,25-28,31-61,63-70,78,81-98H,12-24H2,1-10H3,(H,99,100). The lowest BCUT2D eigenvalue weighted by atomic mass is 9.33. The molecule has 47 unspecified atom stereocenters. The fourth-order valence-corrected chi connectivity index (χ4v) is 21.7. The Kier molecular flexibility index (Phi) is 27.3. The minimum atomic E-state index is -2.25. The van der Waals surface area contributed by atoms with Crippen LogP contribution in [0.5, 0.6) is 0 Å². The molecule has 8 aliphatic heterocycles. The zero-order valence-corrected chi connectivity index (χ0v) is 67.1. The number of rotatable bonds is 20. The molecular weight excluding hydrogens is 1580 g/mol. The highest BCUT2D eigenvalue weighted by atomic mass is 16.8. The van der Waals surface area contributed by atoms with Crippen LogP contribution in [0, 0.1) is 50.2 Å². The van der Waals surface area contributed by atoms with E-state index in [0.717, 1.165) is 18.8 Å². The molecule has 0 spiro atoms. The van der Waals surface area contributed by atoms with Gasteiger partial charge in [-0.3, -0.25) is 9.59 Å². The van der Waals surface area contributed by atoms with E-state index in [2.05, 4.69) is 26.8 Å². The Hall–Kier alpha value is -3.54. The van der Waals surface area contributed by atoms with Gasteiger partial charge in [0, 0.05) is 6.92 Å². The Balaban J connectivity index is 0.788. The number of hydrogen-bond acceptors (Lipinski definition) is 40. The van der Waals surface area contributed by atoms with Crippen LogP contribution in [0.25, 0.3) is 0 Å². The first-order valence-electron chi connectivity index (χ1n) is 40.7. The number of carboxylic acid groups (broad SMARTS) is 1. The van der Waals surface area contributed by atoms with Crippen molar-refractivity contribution < 1.29 is 202 Å².